The highest BCUT2D eigenvalue weighted by molar-refractivity contribution is 5.60. The number of nitrogens with zero attached hydrogens (tertiary/aromatic N) is 1. The lowest BCUT2D eigenvalue weighted by Crippen LogP contribution is -2.34. The van der Waals surface area contributed by atoms with Crippen LogP contribution < -0.4 is 11.2 Å². The Morgan fingerprint density at radius 1 is 1.35 bits per heavy atom. The SMILES string of the molecule is Cc1cn([C@H]2C=C[C@@H](COC(=O)OC(C)(C)C)O2)c(=O)[nH]c1=O. The second-order valence-electron chi connectivity index (χ2n) is 6.20. The van der Waals surface area contributed by atoms with Crippen molar-refractivity contribution in [1.82, 2.24) is 9.55 Å². The zero-order valence-corrected chi connectivity index (χ0v) is 13.5. The molecule has 0 saturated carbocycles. The molecule has 0 unspecified atom stereocenters. The second-order valence-corrected chi connectivity index (χ2v) is 6.20. The van der Waals surface area contributed by atoms with Gasteiger partial charge in [0, 0.05) is 11.8 Å². The minimum Gasteiger partial charge on any atom is -0.431 e. The van der Waals surface area contributed by atoms with Gasteiger partial charge in [-0.2, -0.15) is 0 Å². The molecule has 0 fully saturated rings. The van der Waals surface area contributed by atoms with Crippen molar-refractivity contribution in [3.05, 3.63) is 44.8 Å². The highest BCUT2D eigenvalue weighted by Crippen LogP contribution is 2.20. The van der Waals surface area contributed by atoms with Crippen molar-refractivity contribution >= 4 is 6.16 Å². The molecule has 1 N–H and O–H groups in total. The van der Waals surface area contributed by atoms with Crippen LogP contribution in [0.1, 0.15) is 32.6 Å². The molecule has 1 aromatic rings. The molecule has 2 rings (SSSR count). The van der Waals surface area contributed by atoms with Gasteiger partial charge in [0.15, 0.2) is 6.23 Å². The third-order valence-corrected chi connectivity index (χ3v) is 2.98. The van der Waals surface area contributed by atoms with E-state index < -0.39 is 35.3 Å². The first-order valence-electron chi connectivity index (χ1n) is 7.17. The molecule has 1 aliphatic rings. The molecule has 1 aliphatic heterocycles. The van der Waals surface area contributed by atoms with Gasteiger partial charge >= 0.3 is 11.8 Å². The van der Waals surface area contributed by atoms with E-state index in [4.69, 9.17) is 14.2 Å². The van der Waals surface area contributed by atoms with Gasteiger partial charge in [-0.3, -0.25) is 14.3 Å². The molecule has 126 valence electrons. The van der Waals surface area contributed by atoms with E-state index in [1.54, 1.807) is 39.8 Å². The fraction of sp³-hybridized carbons (Fsp3) is 0.533. The molecule has 8 nitrogen and oxygen atoms in total. The van der Waals surface area contributed by atoms with E-state index >= 15 is 0 Å². The number of nitrogens with one attached hydrogen (secondary N) is 1. The van der Waals surface area contributed by atoms with Crippen LogP contribution in [0.2, 0.25) is 0 Å². The number of aromatic nitrogens is 2. The second kappa shape index (κ2) is 6.41. The van der Waals surface area contributed by atoms with Crippen LogP contribution in [-0.4, -0.2) is 34.0 Å². The molecule has 1 aromatic heterocycles. The van der Waals surface area contributed by atoms with E-state index in [1.807, 2.05) is 0 Å². The van der Waals surface area contributed by atoms with E-state index in [0.29, 0.717) is 5.56 Å². The summed E-state index contributed by atoms with van der Waals surface area (Å²) in [6.07, 6.45) is 2.82. The van der Waals surface area contributed by atoms with E-state index in [1.165, 1.54) is 10.8 Å². The fourth-order valence-corrected chi connectivity index (χ4v) is 1.95. The largest absolute Gasteiger partial charge is 0.508 e. The molecule has 2 atom stereocenters. The molecule has 0 amide bonds. The first-order chi connectivity index (χ1) is 10.7. The number of aryl methyl sites for hydroxylation is 1. The maximum atomic E-state index is 11.8. The van der Waals surface area contributed by atoms with Crippen LogP contribution in [0.3, 0.4) is 0 Å². The summed E-state index contributed by atoms with van der Waals surface area (Å²) in [7, 11) is 0. The van der Waals surface area contributed by atoms with Crippen molar-refractivity contribution < 1.29 is 19.0 Å². The van der Waals surface area contributed by atoms with Gasteiger partial charge in [-0.25, -0.2) is 9.59 Å². The maximum absolute atomic E-state index is 11.8. The zero-order valence-electron chi connectivity index (χ0n) is 13.5. The van der Waals surface area contributed by atoms with Crippen LogP contribution in [0.25, 0.3) is 0 Å². The van der Waals surface area contributed by atoms with Crippen LogP contribution in [0.5, 0.6) is 0 Å². The number of rotatable bonds is 3. The number of carbonyl (C=O) groups is 1. The Balaban J connectivity index is 1.94. The van der Waals surface area contributed by atoms with Gasteiger partial charge in [0.25, 0.3) is 5.56 Å². The van der Waals surface area contributed by atoms with Gasteiger partial charge in [0.05, 0.1) is 0 Å². The highest BCUT2D eigenvalue weighted by Gasteiger charge is 2.24. The van der Waals surface area contributed by atoms with E-state index in [2.05, 4.69) is 4.98 Å². The molecule has 0 saturated heterocycles. The number of ether oxygens (including phenoxy) is 3. The van der Waals surface area contributed by atoms with Crippen molar-refractivity contribution in [2.24, 2.45) is 0 Å². The van der Waals surface area contributed by atoms with Crippen LogP contribution in [0, 0.1) is 6.92 Å². The lowest BCUT2D eigenvalue weighted by molar-refractivity contribution is -0.0468. The molecule has 23 heavy (non-hydrogen) atoms. The molecule has 0 aromatic carbocycles. The Bertz CT molecular complexity index is 725. The number of carbonyl (C=O) groups excluding carboxylic acids is 1. The Hall–Kier alpha value is -2.35. The number of hydrogen-bond donors (Lipinski definition) is 1. The van der Waals surface area contributed by atoms with Gasteiger partial charge in [-0.05, 0) is 33.8 Å². The third-order valence-electron chi connectivity index (χ3n) is 2.98. The standard InChI is InChI=1S/C15H20N2O6/c1-9-7-17(13(19)16-12(9)18)11-6-5-10(22-11)8-21-14(20)23-15(2,3)4/h5-7,10-11H,8H2,1-4H3,(H,16,18,19)/t10-,11+/m0/s1. The Kier molecular flexibility index (Phi) is 4.74. The molecule has 2 heterocycles. The number of aromatic amines is 1. The van der Waals surface area contributed by atoms with Crippen LogP contribution in [0.15, 0.2) is 27.9 Å². The predicted molar refractivity (Wildman–Crippen MR) is 81.3 cm³/mol. The molecular formula is C15H20N2O6. The monoisotopic (exact) mass is 324 g/mol. The fourth-order valence-electron chi connectivity index (χ4n) is 1.95. The van der Waals surface area contributed by atoms with Crippen molar-refractivity contribution in [3.8, 4) is 0 Å². The summed E-state index contributed by atoms with van der Waals surface area (Å²) in [6.45, 7) is 6.78. The van der Waals surface area contributed by atoms with Crippen LogP contribution in [-0.2, 0) is 14.2 Å². The van der Waals surface area contributed by atoms with E-state index in [-0.39, 0.29) is 6.61 Å². The summed E-state index contributed by atoms with van der Waals surface area (Å²) >= 11 is 0. The summed E-state index contributed by atoms with van der Waals surface area (Å²) in [5.41, 5.74) is -1.23. The van der Waals surface area contributed by atoms with Gasteiger partial charge in [0.2, 0.25) is 0 Å². The summed E-state index contributed by atoms with van der Waals surface area (Å²) in [5, 5.41) is 0. The number of hydrogen-bond acceptors (Lipinski definition) is 6. The molecule has 0 radical (unpaired) electrons. The van der Waals surface area contributed by atoms with Gasteiger partial charge in [-0.1, -0.05) is 6.08 Å². The van der Waals surface area contributed by atoms with Crippen molar-refractivity contribution in [2.45, 2.75) is 45.6 Å². The van der Waals surface area contributed by atoms with Crippen LogP contribution >= 0.6 is 0 Å². The number of H-pyrrole nitrogens is 1. The van der Waals surface area contributed by atoms with Gasteiger partial charge < -0.3 is 14.2 Å². The molecule has 8 heteroatoms. The molecular weight excluding hydrogens is 304 g/mol. The highest BCUT2D eigenvalue weighted by atomic mass is 16.7. The quantitative estimate of drug-likeness (QED) is 0.663. The minimum absolute atomic E-state index is 0.0288. The average Bonchev–Trinajstić information content (AvgIpc) is 2.87. The third kappa shape index (κ3) is 4.56. The summed E-state index contributed by atoms with van der Waals surface area (Å²) < 4.78 is 16.9. The summed E-state index contributed by atoms with van der Waals surface area (Å²) in [4.78, 5) is 36.9. The Morgan fingerprint density at radius 2 is 2.04 bits per heavy atom. The Labute approximate surface area is 132 Å². The van der Waals surface area contributed by atoms with Crippen molar-refractivity contribution in [2.75, 3.05) is 6.61 Å². The Morgan fingerprint density at radius 3 is 2.70 bits per heavy atom. The zero-order chi connectivity index (χ0) is 17.2. The first kappa shape index (κ1) is 17.0. The normalized spacial score (nSPS) is 20.5. The van der Waals surface area contributed by atoms with E-state index in [0.717, 1.165) is 0 Å². The lowest BCUT2D eigenvalue weighted by atomic mass is 10.2. The molecule has 0 spiro atoms. The smallest absolute Gasteiger partial charge is 0.431 e. The topological polar surface area (TPSA) is 99.6 Å². The van der Waals surface area contributed by atoms with Crippen molar-refractivity contribution in [3.63, 3.8) is 0 Å². The maximum Gasteiger partial charge on any atom is 0.508 e. The average molecular weight is 324 g/mol. The van der Waals surface area contributed by atoms with Gasteiger partial charge in [-0.15, -0.1) is 0 Å². The van der Waals surface area contributed by atoms with Gasteiger partial charge in [0.1, 0.15) is 18.3 Å². The predicted octanol–water partition coefficient (Wildman–Crippen LogP) is 1.25. The molecule has 0 bridgehead atoms. The lowest BCUT2D eigenvalue weighted by Gasteiger charge is -2.20. The van der Waals surface area contributed by atoms with Crippen LogP contribution in [0.4, 0.5) is 4.79 Å². The summed E-state index contributed by atoms with van der Waals surface area (Å²) in [6, 6.07) is 0. The summed E-state index contributed by atoms with van der Waals surface area (Å²) in [5.74, 6) is 0. The van der Waals surface area contributed by atoms with Crippen molar-refractivity contribution in [1.29, 1.82) is 0 Å². The first-order valence-corrected chi connectivity index (χ1v) is 7.17. The van der Waals surface area contributed by atoms with E-state index in [9.17, 15) is 14.4 Å². The molecule has 0 aliphatic carbocycles. The minimum atomic E-state index is -0.782.